The number of hydrogen-bond acceptors (Lipinski definition) is 2. The van der Waals surface area contributed by atoms with Crippen LogP contribution in [0.2, 0.25) is 0 Å². The summed E-state index contributed by atoms with van der Waals surface area (Å²) in [4.78, 5) is 12.0. The summed E-state index contributed by atoms with van der Waals surface area (Å²) >= 11 is 0. The first-order chi connectivity index (χ1) is 8.29. The molecule has 3 nitrogen and oxygen atoms in total. The molecule has 0 unspecified atom stereocenters. The van der Waals surface area contributed by atoms with E-state index in [4.69, 9.17) is 5.73 Å². The Morgan fingerprint density at radius 2 is 2.12 bits per heavy atom. The van der Waals surface area contributed by atoms with Crippen LogP contribution < -0.4 is 11.1 Å². The van der Waals surface area contributed by atoms with Crippen molar-refractivity contribution in [1.82, 2.24) is 5.32 Å². The second-order valence-electron chi connectivity index (χ2n) is 4.69. The molecule has 1 aromatic rings. The van der Waals surface area contributed by atoms with Gasteiger partial charge in [0.05, 0.1) is 0 Å². The summed E-state index contributed by atoms with van der Waals surface area (Å²) in [5, 5.41) is 3.09. The number of hydrogen-bond donors (Lipinski definition) is 2. The van der Waals surface area contributed by atoms with Gasteiger partial charge in [0, 0.05) is 11.6 Å². The Balaban J connectivity index is 1.99. The summed E-state index contributed by atoms with van der Waals surface area (Å²) in [7, 11) is 0. The minimum atomic E-state index is 0.0516. The van der Waals surface area contributed by atoms with Crippen LogP contribution in [0.5, 0.6) is 0 Å². The highest BCUT2D eigenvalue weighted by atomic mass is 16.1. The molecule has 0 spiro atoms. The molecular weight excluding hydrogens is 212 g/mol. The van der Waals surface area contributed by atoms with Crippen LogP contribution >= 0.6 is 0 Å². The minimum Gasteiger partial charge on any atom is -0.349 e. The third-order valence-corrected chi connectivity index (χ3v) is 3.31. The van der Waals surface area contributed by atoms with Gasteiger partial charge >= 0.3 is 0 Å². The SMILES string of the molecule is NCCc1cccc(C(=O)NC2CCCC2)c1. The molecule has 0 radical (unpaired) electrons. The average molecular weight is 232 g/mol. The predicted molar refractivity (Wildman–Crippen MR) is 68.9 cm³/mol. The third-order valence-electron chi connectivity index (χ3n) is 3.31. The lowest BCUT2D eigenvalue weighted by Crippen LogP contribution is -2.32. The molecule has 0 atom stereocenters. The van der Waals surface area contributed by atoms with Crippen molar-refractivity contribution in [2.45, 2.75) is 38.1 Å². The third kappa shape index (κ3) is 3.30. The van der Waals surface area contributed by atoms with Crippen LogP contribution in [0.25, 0.3) is 0 Å². The monoisotopic (exact) mass is 232 g/mol. The zero-order valence-corrected chi connectivity index (χ0v) is 10.1. The first-order valence-electron chi connectivity index (χ1n) is 6.39. The van der Waals surface area contributed by atoms with Crippen LogP contribution in [-0.4, -0.2) is 18.5 Å². The van der Waals surface area contributed by atoms with Gasteiger partial charge in [-0.3, -0.25) is 4.79 Å². The van der Waals surface area contributed by atoms with Gasteiger partial charge in [0.15, 0.2) is 0 Å². The Hall–Kier alpha value is -1.35. The van der Waals surface area contributed by atoms with Crippen molar-refractivity contribution < 1.29 is 4.79 Å². The smallest absolute Gasteiger partial charge is 0.251 e. The Morgan fingerprint density at radius 1 is 1.35 bits per heavy atom. The zero-order chi connectivity index (χ0) is 12.1. The molecule has 2 rings (SSSR count). The normalized spacial score (nSPS) is 16.1. The summed E-state index contributed by atoms with van der Waals surface area (Å²) in [6.07, 6.45) is 5.53. The van der Waals surface area contributed by atoms with Crippen molar-refractivity contribution in [2.24, 2.45) is 5.73 Å². The van der Waals surface area contributed by atoms with Crippen molar-refractivity contribution in [3.8, 4) is 0 Å². The maximum Gasteiger partial charge on any atom is 0.251 e. The lowest BCUT2D eigenvalue weighted by Gasteiger charge is -2.12. The van der Waals surface area contributed by atoms with Gasteiger partial charge in [-0.15, -0.1) is 0 Å². The van der Waals surface area contributed by atoms with Gasteiger partial charge in [-0.1, -0.05) is 25.0 Å². The number of benzene rings is 1. The van der Waals surface area contributed by atoms with E-state index >= 15 is 0 Å². The average Bonchev–Trinajstić information content (AvgIpc) is 2.83. The van der Waals surface area contributed by atoms with Crippen molar-refractivity contribution in [3.63, 3.8) is 0 Å². The number of carbonyl (C=O) groups is 1. The fourth-order valence-electron chi connectivity index (χ4n) is 2.37. The first kappa shape index (κ1) is 12.1. The highest BCUT2D eigenvalue weighted by molar-refractivity contribution is 5.94. The van der Waals surface area contributed by atoms with E-state index in [-0.39, 0.29) is 5.91 Å². The molecule has 1 fully saturated rings. The van der Waals surface area contributed by atoms with E-state index in [1.165, 1.54) is 12.8 Å². The number of carbonyl (C=O) groups excluding carboxylic acids is 1. The lowest BCUT2D eigenvalue weighted by atomic mass is 10.1. The van der Waals surface area contributed by atoms with Gasteiger partial charge in [-0.2, -0.15) is 0 Å². The molecule has 0 heterocycles. The first-order valence-corrected chi connectivity index (χ1v) is 6.39. The standard InChI is InChI=1S/C14H20N2O/c15-9-8-11-4-3-5-12(10-11)14(17)16-13-6-1-2-7-13/h3-5,10,13H,1-2,6-9,15H2,(H,16,17). The van der Waals surface area contributed by atoms with E-state index in [1.807, 2.05) is 24.3 Å². The molecule has 1 aliphatic carbocycles. The number of amides is 1. The van der Waals surface area contributed by atoms with Gasteiger partial charge in [-0.05, 0) is 43.5 Å². The predicted octanol–water partition coefficient (Wildman–Crippen LogP) is 1.86. The van der Waals surface area contributed by atoms with Crippen LogP contribution in [0.15, 0.2) is 24.3 Å². The molecule has 0 aliphatic heterocycles. The van der Waals surface area contributed by atoms with Crippen molar-refractivity contribution >= 4 is 5.91 Å². The molecule has 0 aromatic heterocycles. The molecule has 1 aliphatic rings. The van der Waals surface area contributed by atoms with Gasteiger partial charge in [0.1, 0.15) is 0 Å². The molecule has 0 bridgehead atoms. The molecule has 0 saturated heterocycles. The highest BCUT2D eigenvalue weighted by Gasteiger charge is 2.17. The van der Waals surface area contributed by atoms with Gasteiger partial charge in [0.2, 0.25) is 0 Å². The molecule has 1 amide bonds. The quantitative estimate of drug-likeness (QED) is 0.832. The molecular formula is C14H20N2O. The molecule has 92 valence electrons. The highest BCUT2D eigenvalue weighted by Crippen LogP contribution is 2.18. The fraction of sp³-hybridized carbons (Fsp3) is 0.500. The van der Waals surface area contributed by atoms with Crippen LogP contribution in [-0.2, 0) is 6.42 Å². The maximum atomic E-state index is 12.0. The van der Waals surface area contributed by atoms with E-state index in [1.54, 1.807) is 0 Å². The van der Waals surface area contributed by atoms with E-state index in [9.17, 15) is 4.79 Å². The van der Waals surface area contributed by atoms with E-state index in [0.29, 0.717) is 12.6 Å². The largest absolute Gasteiger partial charge is 0.349 e. The second-order valence-corrected chi connectivity index (χ2v) is 4.69. The van der Waals surface area contributed by atoms with Gasteiger partial charge < -0.3 is 11.1 Å². The minimum absolute atomic E-state index is 0.0516. The summed E-state index contributed by atoms with van der Waals surface area (Å²) in [6.45, 7) is 0.619. The maximum absolute atomic E-state index is 12.0. The summed E-state index contributed by atoms with van der Waals surface area (Å²) in [5.74, 6) is 0.0516. The van der Waals surface area contributed by atoms with Crippen LogP contribution in [0, 0.1) is 0 Å². The summed E-state index contributed by atoms with van der Waals surface area (Å²) in [6, 6.07) is 8.12. The van der Waals surface area contributed by atoms with E-state index in [0.717, 1.165) is 30.4 Å². The van der Waals surface area contributed by atoms with Gasteiger partial charge in [-0.25, -0.2) is 0 Å². The topological polar surface area (TPSA) is 55.1 Å². The fourth-order valence-corrected chi connectivity index (χ4v) is 2.37. The Kier molecular flexibility index (Phi) is 4.15. The Labute approximate surface area is 102 Å². The molecule has 1 aromatic carbocycles. The molecule has 3 N–H and O–H groups in total. The molecule has 3 heteroatoms. The van der Waals surface area contributed by atoms with Gasteiger partial charge in [0.25, 0.3) is 5.91 Å². The van der Waals surface area contributed by atoms with Crippen molar-refractivity contribution in [3.05, 3.63) is 35.4 Å². The zero-order valence-electron chi connectivity index (χ0n) is 10.1. The van der Waals surface area contributed by atoms with E-state index < -0.39 is 0 Å². The second kappa shape index (κ2) is 5.82. The Morgan fingerprint density at radius 3 is 2.82 bits per heavy atom. The summed E-state index contributed by atoms with van der Waals surface area (Å²) < 4.78 is 0. The number of nitrogens with one attached hydrogen (secondary N) is 1. The van der Waals surface area contributed by atoms with Crippen LogP contribution in [0.3, 0.4) is 0 Å². The molecule has 17 heavy (non-hydrogen) atoms. The van der Waals surface area contributed by atoms with Crippen molar-refractivity contribution in [1.29, 1.82) is 0 Å². The summed E-state index contributed by atoms with van der Waals surface area (Å²) in [5.41, 5.74) is 7.40. The molecule has 1 saturated carbocycles. The Bertz CT molecular complexity index is 384. The lowest BCUT2D eigenvalue weighted by molar-refractivity contribution is 0.0938. The van der Waals surface area contributed by atoms with Crippen molar-refractivity contribution in [2.75, 3.05) is 6.54 Å². The number of rotatable bonds is 4. The van der Waals surface area contributed by atoms with E-state index in [2.05, 4.69) is 5.32 Å². The number of nitrogens with two attached hydrogens (primary N) is 1. The van der Waals surface area contributed by atoms with Crippen LogP contribution in [0.4, 0.5) is 0 Å². The van der Waals surface area contributed by atoms with Crippen LogP contribution in [0.1, 0.15) is 41.6 Å².